The number of hydrogen-bond donors (Lipinski definition) is 1. The minimum atomic E-state index is -3.82. The summed E-state index contributed by atoms with van der Waals surface area (Å²) in [6.07, 6.45) is 4.16. The molecule has 3 rings (SSSR count). The Hall–Kier alpha value is -3.42. The minimum Gasteiger partial charge on any atom is -0.493 e. The van der Waals surface area contributed by atoms with E-state index in [4.69, 9.17) is 9.47 Å². The predicted octanol–water partition coefficient (Wildman–Crippen LogP) is 6.50. The molecule has 0 heterocycles. The molecule has 0 bridgehead atoms. The van der Waals surface area contributed by atoms with E-state index in [1.165, 1.54) is 7.11 Å². The van der Waals surface area contributed by atoms with E-state index in [2.05, 4.69) is 6.92 Å². The standard InChI is InChI=1S/C32H38O6S/c1-5-6-8-11-24(3)31(39(35,36)27-18-14-23(2)15-19-27)28(33)20-16-25-17-21-29(30(22-25)37-4)38-32(34)26-12-9-7-10-13-26/h7,9-15,17-19,21-22,28,31,33H,5-6,8,16,20H2,1-4H3. The summed E-state index contributed by atoms with van der Waals surface area (Å²) in [7, 11) is -2.33. The van der Waals surface area contributed by atoms with Crippen molar-refractivity contribution in [1.29, 1.82) is 0 Å². The first-order valence-electron chi connectivity index (χ1n) is 13.3. The van der Waals surface area contributed by atoms with Crippen molar-refractivity contribution < 1.29 is 27.8 Å². The Morgan fingerprint density at radius 3 is 2.33 bits per heavy atom. The molecule has 0 radical (unpaired) electrons. The molecule has 7 heteroatoms. The molecule has 0 aliphatic heterocycles. The summed E-state index contributed by atoms with van der Waals surface area (Å²) in [6.45, 7) is 5.77. The van der Waals surface area contributed by atoms with Crippen molar-refractivity contribution in [2.24, 2.45) is 0 Å². The number of methoxy groups -OCH3 is 1. The number of aliphatic hydroxyl groups is 1. The molecular formula is C32H38O6S. The number of allylic oxidation sites excluding steroid dienone is 1. The maximum Gasteiger partial charge on any atom is 0.343 e. The fourth-order valence-corrected chi connectivity index (χ4v) is 6.37. The quantitative estimate of drug-likeness (QED) is 0.113. The monoisotopic (exact) mass is 550 g/mol. The third-order valence-electron chi connectivity index (χ3n) is 6.68. The minimum absolute atomic E-state index is 0.201. The number of unbranched alkanes of at least 4 members (excludes halogenated alkanes) is 2. The number of aryl methyl sites for hydroxylation is 2. The summed E-state index contributed by atoms with van der Waals surface area (Å²) >= 11 is 0. The Morgan fingerprint density at radius 2 is 1.69 bits per heavy atom. The maximum atomic E-state index is 13.7. The smallest absolute Gasteiger partial charge is 0.343 e. The lowest BCUT2D eigenvalue weighted by atomic mass is 10.00. The van der Waals surface area contributed by atoms with Crippen LogP contribution < -0.4 is 9.47 Å². The van der Waals surface area contributed by atoms with E-state index in [0.29, 0.717) is 23.3 Å². The number of rotatable bonds is 13. The van der Waals surface area contributed by atoms with Crippen molar-refractivity contribution >= 4 is 15.8 Å². The average molecular weight is 551 g/mol. The number of ether oxygens (including phenoxy) is 2. The van der Waals surface area contributed by atoms with Crippen molar-refractivity contribution in [3.8, 4) is 11.5 Å². The van der Waals surface area contributed by atoms with Gasteiger partial charge in [0, 0.05) is 0 Å². The van der Waals surface area contributed by atoms with Crippen LogP contribution in [-0.4, -0.2) is 38.0 Å². The van der Waals surface area contributed by atoms with Crippen molar-refractivity contribution in [1.82, 2.24) is 0 Å². The first-order chi connectivity index (χ1) is 18.7. The highest BCUT2D eigenvalue weighted by molar-refractivity contribution is 7.92. The molecule has 0 fully saturated rings. The van der Waals surface area contributed by atoms with Gasteiger partial charge in [0.05, 0.1) is 23.7 Å². The number of benzene rings is 3. The highest BCUT2D eigenvalue weighted by Gasteiger charge is 2.35. The third-order valence-corrected chi connectivity index (χ3v) is 8.96. The van der Waals surface area contributed by atoms with Crippen LogP contribution in [0, 0.1) is 6.92 Å². The number of esters is 1. The number of aliphatic hydroxyl groups excluding tert-OH is 1. The van der Waals surface area contributed by atoms with Gasteiger partial charge in [-0.05, 0) is 75.1 Å². The van der Waals surface area contributed by atoms with E-state index in [1.54, 1.807) is 73.7 Å². The molecule has 0 saturated carbocycles. The molecule has 39 heavy (non-hydrogen) atoms. The van der Waals surface area contributed by atoms with Crippen LogP contribution in [0.1, 0.15) is 61.0 Å². The summed E-state index contributed by atoms with van der Waals surface area (Å²) < 4.78 is 38.3. The van der Waals surface area contributed by atoms with E-state index in [-0.39, 0.29) is 17.1 Å². The normalized spacial score (nSPS) is 13.5. The summed E-state index contributed by atoms with van der Waals surface area (Å²) in [5.41, 5.74) is 2.87. The number of carbonyl (C=O) groups is 1. The van der Waals surface area contributed by atoms with Crippen LogP contribution in [-0.2, 0) is 16.3 Å². The Bertz CT molecular complexity index is 1360. The second-order valence-corrected chi connectivity index (χ2v) is 11.8. The largest absolute Gasteiger partial charge is 0.493 e. The second-order valence-electron chi connectivity index (χ2n) is 9.72. The Labute approximate surface area is 232 Å². The first kappa shape index (κ1) is 30.1. The van der Waals surface area contributed by atoms with Crippen LogP contribution in [0.2, 0.25) is 0 Å². The molecule has 6 nitrogen and oxygen atoms in total. The number of sulfone groups is 1. The molecule has 0 aromatic heterocycles. The van der Waals surface area contributed by atoms with Crippen LogP contribution >= 0.6 is 0 Å². The zero-order valence-electron chi connectivity index (χ0n) is 23.1. The van der Waals surface area contributed by atoms with Gasteiger partial charge in [-0.1, -0.05) is 73.4 Å². The Morgan fingerprint density at radius 1 is 1.00 bits per heavy atom. The van der Waals surface area contributed by atoms with Crippen LogP contribution in [0.5, 0.6) is 11.5 Å². The molecule has 3 aromatic rings. The molecule has 0 spiro atoms. The topological polar surface area (TPSA) is 89.9 Å². The predicted molar refractivity (Wildman–Crippen MR) is 154 cm³/mol. The van der Waals surface area contributed by atoms with Gasteiger partial charge in [0.15, 0.2) is 21.3 Å². The zero-order chi connectivity index (χ0) is 28.4. The zero-order valence-corrected chi connectivity index (χ0v) is 23.9. The van der Waals surface area contributed by atoms with Gasteiger partial charge in [0.2, 0.25) is 0 Å². The molecular weight excluding hydrogens is 512 g/mol. The van der Waals surface area contributed by atoms with Crippen LogP contribution in [0.15, 0.2) is 89.3 Å². The summed E-state index contributed by atoms with van der Waals surface area (Å²) in [4.78, 5) is 12.7. The molecule has 1 N–H and O–H groups in total. The Balaban J connectivity index is 1.79. The van der Waals surface area contributed by atoms with E-state index >= 15 is 0 Å². The van der Waals surface area contributed by atoms with Gasteiger partial charge in [0.1, 0.15) is 5.25 Å². The van der Waals surface area contributed by atoms with Gasteiger partial charge in [0.25, 0.3) is 0 Å². The molecule has 0 aliphatic rings. The van der Waals surface area contributed by atoms with E-state index in [0.717, 1.165) is 30.4 Å². The van der Waals surface area contributed by atoms with Crippen molar-refractivity contribution in [3.63, 3.8) is 0 Å². The Kier molecular flexibility index (Phi) is 10.9. The van der Waals surface area contributed by atoms with Gasteiger partial charge in [-0.2, -0.15) is 0 Å². The fourth-order valence-electron chi connectivity index (χ4n) is 4.43. The lowest BCUT2D eigenvalue weighted by Gasteiger charge is -2.25. The molecule has 0 amide bonds. The van der Waals surface area contributed by atoms with Crippen LogP contribution in [0.25, 0.3) is 0 Å². The summed E-state index contributed by atoms with van der Waals surface area (Å²) in [5.74, 6) is 0.169. The SMILES string of the molecule is CCCCC=C(C)C(C(O)CCc1ccc(OC(=O)c2ccccc2)c(OC)c1)S(=O)(=O)c1ccc(C)cc1. The lowest BCUT2D eigenvalue weighted by molar-refractivity contribution is 0.0729. The molecule has 2 unspecified atom stereocenters. The van der Waals surface area contributed by atoms with Crippen molar-refractivity contribution in [3.05, 3.63) is 101 Å². The molecule has 0 aliphatic carbocycles. The van der Waals surface area contributed by atoms with E-state index in [1.807, 2.05) is 19.1 Å². The number of hydrogen-bond acceptors (Lipinski definition) is 6. The van der Waals surface area contributed by atoms with Crippen molar-refractivity contribution in [2.45, 2.75) is 69.1 Å². The lowest BCUT2D eigenvalue weighted by Crippen LogP contribution is -2.35. The van der Waals surface area contributed by atoms with Gasteiger partial charge in [-0.3, -0.25) is 0 Å². The molecule has 0 saturated heterocycles. The summed E-state index contributed by atoms with van der Waals surface area (Å²) in [5, 5.41) is 10.2. The van der Waals surface area contributed by atoms with Crippen LogP contribution in [0.4, 0.5) is 0 Å². The molecule has 3 aromatic carbocycles. The number of carbonyl (C=O) groups excluding carboxylic acids is 1. The van der Waals surface area contributed by atoms with E-state index < -0.39 is 27.2 Å². The molecule has 2 atom stereocenters. The maximum absolute atomic E-state index is 13.7. The van der Waals surface area contributed by atoms with Crippen LogP contribution in [0.3, 0.4) is 0 Å². The van der Waals surface area contributed by atoms with E-state index in [9.17, 15) is 18.3 Å². The van der Waals surface area contributed by atoms with Crippen molar-refractivity contribution in [2.75, 3.05) is 7.11 Å². The fraction of sp³-hybridized carbons (Fsp3) is 0.344. The average Bonchev–Trinajstić information content (AvgIpc) is 2.93. The highest BCUT2D eigenvalue weighted by Crippen LogP contribution is 2.31. The second kappa shape index (κ2) is 14.1. The van der Waals surface area contributed by atoms with Gasteiger partial charge < -0.3 is 14.6 Å². The summed E-state index contributed by atoms with van der Waals surface area (Å²) in [6, 6.07) is 20.6. The molecule has 208 valence electrons. The van der Waals surface area contributed by atoms with Gasteiger partial charge >= 0.3 is 5.97 Å². The third kappa shape index (κ3) is 8.04. The van der Waals surface area contributed by atoms with Gasteiger partial charge in [-0.25, -0.2) is 13.2 Å². The first-order valence-corrected chi connectivity index (χ1v) is 14.8. The van der Waals surface area contributed by atoms with Gasteiger partial charge in [-0.15, -0.1) is 0 Å². The highest BCUT2D eigenvalue weighted by atomic mass is 32.2.